The normalized spacial score (nSPS) is 9.83. The molecule has 7 heteroatoms. The number of carbonyl (C=O) groups is 3. The number of carbonyl (C=O) groups excluding carboxylic acids is 3. The molecule has 0 radical (unpaired) electrons. The molecular weight excluding hydrogens is 300 g/mol. The number of hydrogen-bond donors (Lipinski definition) is 2. The molecule has 0 aliphatic heterocycles. The summed E-state index contributed by atoms with van der Waals surface area (Å²) in [6.45, 7) is 1.95. The van der Waals surface area contributed by atoms with Crippen molar-refractivity contribution in [2.24, 2.45) is 0 Å². The molecule has 1 aromatic carbocycles. The molecule has 0 heterocycles. The molecule has 0 aliphatic rings. The van der Waals surface area contributed by atoms with Gasteiger partial charge in [0.25, 0.3) is 5.91 Å². The second-order valence-corrected chi connectivity index (χ2v) is 4.82. The minimum absolute atomic E-state index is 0.0431. The molecule has 2 amide bonds. The average Bonchev–Trinajstić information content (AvgIpc) is 2.56. The molecule has 0 unspecified atom stereocenters. The quantitative estimate of drug-likeness (QED) is 0.643. The maximum atomic E-state index is 11.7. The number of benzene rings is 1. The predicted molar refractivity (Wildman–Crippen MR) is 84.0 cm³/mol. The van der Waals surface area contributed by atoms with Crippen LogP contribution in [0.5, 0.6) is 5.75 Å². The number of nitrogens with one attached hydrogen (secondary N) is 2. The van der Waals surface area contributed by atoms with E-state index >= 15 is 0 Å². The molecule has 23 heavy (non-hydrogen) atoms. The minimum atomic E-state index is -0.524. The summed E-state index contributed by atoms with van der Waals surface area (Å²) >= 11 is 0. The molecule has 0 atom stereocenters. The van der Waals surface area contributed by atoms with Gasteiger partial charge in [-0.05, 0) is 24.1 Å². The molecule has 0 saturated heterocycles. The molecule has 0 fully saturated rings. The van der Waals surface area contributed by atoms with E-state index in [4.69, 9.17) is 9.47 Å². The van der Waals surface area contributed by atoms with Gasteiger partial charge in [0, 0.05) is 6.54 Å². The number of esters is 1. The van der Waals surface area contributed by atoms with Crippen molar-refractivity contribution in [3.63, 3.8) is 0 Å². The minimum Gasteiger partial charge on any atom is -0.497 e. The lowest BCUT2D eigenvalue weighted by Crippen LogP contribution is -2.39. The van der Waals surface area contributed by atoms with Crippen LogP contribution >= 0.6 is 0 Å². The first kappa shape index (κ1) is 18.5. The molecule has 0 saturated carbocycles. The third-order valence-corrected chi connectivity index (χ3v) is 2.87. The maximum absolute atomic E-state index is 11.7. The molecule has 1 aromatic rings. The van der Waals surface area contributed by atoms with E-state index in [-0.39, 0.29) is 18.9 Å². The van der Waals surface area contributed by atoms with Gasteiger partial charge in [-0.25, -0.2) is 0 Å². The highest BCUT2D eigenvalue weighted by atomic mass is 16.5. The maximum Gasteiger partial charge on any atom is 0.310 e. The fraction of sp³-hybridized carbons (Fsp3) is 0.438. The Morgan fingerprint density at radius 3 is 2.61 bits per heavy atom. The summed E-state index contributed by atoms with van der Waals surface area (Å²) in [6, 6.07) is 7.02. The van der Waals surface area contributed by atoms with Crippen molar-refractivity contribution < 1.29 is 23.9 Å². The van der Waals surface area contributed by atoms with Crippen LogP contribution in [-0.2, 0) is 25.5 Å². The second kappa shape index (κ2) is 10.2. The van der Waals surface area contributed by atoms with Gasteiger partial charge in [0.2, 0.25) is 5.91 Å². The molecule has 0 bridgehead atoms. The van der Waals surface area contributed by atoms with E-state index in [1.165, 1.54) is 0 Å². The van der Waals surface area contributed by atoms with Crippen LogP contribution in [-0.4, -0.2) is 44.6 Å². The topological polar surface area (TPSA) is 93.7 Å². The van der Waals surface area contributed by atoms with E-state index in [0.29, 0.717) is 12.3 Å². The smallest absolute Gasteiger partial charge is 0.310 e. The van der Waals surface area contributed by atoms with Crippen LogP contribution in [0.4, 0.5) is 0 Å². The molecule has 2 N–H and O–H groups in total. The van der Waals surface area contributed by atoms with Crippen LogP contribution < -0.4 is 15.4 Å². The Balaban J connectivity index is 2.27. The fourth-order valence-electron chi connectivity index (χ4n) is 1.70. The predicted octanol–water partition coefficient (Wildman–Crippen LogP) is 0.423. The van der Waals surface area contributed by atoms with Crippen LogP contribution in [0.15, 0.2) is 24.3 Å². The van der Waals surface area contributed by atoms with E-state index < -0.39 is 18.5 Å². The van der Waals surface area contributed by atoms with E-state index in [1.807, 2.05) is 6.92 Å². The van der Waals surface area contributed by atoms with E-state index in [0.717, 1.165) is 12.0 Å². The molecule has 7 nitrogen and oxygen atoms in total. The Labute approximate surface area is 135 Å². The SMILES string of the molecule is CCCNC(=O)CNC(=O)COC(=O)Cc1cccc(OC)c1. The standard InChI is InChI=1S/C16H22N2O5/c1-3-7-17-14(19)10-18-15(20)11-23-16(21)9-12-5-4-6-13(8-12)22-2/h4-6,8H,3,7,9-11H2,1-2H3,(H,17,19)(H,18,20). The molecule has 1 rings (SSSR count). The zero-order valence-corrected chi connectivity index (χ0v) is 13.4. The van der Waals surface area contributed by atoms with Gasteiger partial charge < -0.3 is 20.1 Å². The fourth-order valence-corrected chi connectivity index (χ4v) is 1.70. The third-order valence-electron chi connectivity index (χ3n) is 2.87. The molecule has 0 aromatic heterocycles. The van der Waals surface area contributed by atoms with Crippen LogP contribution in [0.2, 0.25) is 0 Å². The summed E-state index contributed by atoms with van der Waals surface area (Å²) in [6.07, 6.45) is 0.864. The first-order valence-corrected chi connectivity index (χ1v) is 7.37. The van der Waals surface area contributed by atoms with Gasteiger partial charge in [-0.2, -0.15) is 0 Å². The summed E-state index contributed by atoms with van der Waals surface area (Å²) in [7, 11) is 1.54. The number of rotatable bonds is 9. The van der Waals surface area contributed by atoms with Gasteiger partial charge in [0.1, 0.15) is 5.75 Å². The number of hydrogen-bond acceptors (Lipinski definition) is 5. The Morgan fingerprint density at radius 2 is 1.91 bits per heavy atom. The van der Waals surface area contributed by atoms with Crippen molar-refractivity contribution in [1.82, 2.24) is 10.6 Å². The lowest BCUT2D eigenvalue weighted by atomic mass is 10.1. The lowest BCUT2D eigenvalue weighted by Gasteiger charge is -2.07. The Kier molecular flexibility index (Phi) is 8.20. The first-order valence-electron chi connectivity index (χ1n) is 7.37. The van der Waals surface area contributed by atoms with Gasteiger partial charge in [-0.15, -0.1) is 0 Å². The van der Waals surface area contributed by atoms with Crippen LogP contribution in [0.3, 0.4) is 0 Å². The van der Waals surface area contributed by atoms with Crippen LogP contribution in [0, 0.1) is 0 Å². The van der Waals surface area contributed by atoms with E-state index in [2.05, 4.69) is 10.6 Å². The van der Waals surface area contributed by atoms with Crippen molar-refractivity contribution in [2.45, 2.75) is 19.8 Å². The summed E-state index contributed by atoms with van der Waals surface area (Å²) in [5.41, 5.74) is 0.730. The van der Waals surface area contributed by atoms with Crippen LogP contribution in [0.25, 0.3) is 0 Å². The molecule has 126 valence electrons. The van der Waals surface area contributed by atoms with Crippen molar-refractivity contribution in [1.29, 1.82) is 0 Å². The van der Waals surface area contributed by atoms with Gasteiger partial charge in [-0.1, -0.05) is 19.1 Å². The molecular formula is C16H22N2O5. The number of methoxy groups -OCH3 is 1. The van der Waals surface area contributed by atoms with Gasteiger partial charge in [-0.3, -0.25) is 14.4 Å². The van der Waals surface area contributed by atoms with Crippen molar-refractivity contribution >= 4 is 17.8 Å². The zero-order chi connectivity index (χ0) is 17.1. The Bertz CT molecular complexity index is 545. The number of ether oxygens (including phenoxy) is 2. The number of amides is 2. The lowest BCUT2D eigenvalue weighted by molar-refractivity contribution is -0.147. The van der Waals surface area contributed by atoms with E-state index in [9.17, 15) is 14.4 Å². The summed E-state index contributed by atoms with van der Waals surface area (Å²) in [5.74, 6) is -0.673. The highest BCUT2D eigenvalue weighted by Crippen LogP contribution is 2.13. The second-order valence-electron chi connectivity index (χ2n) is 4.82. The van der Waals surface area contributed by atoms with Crippen molar-refractivity contribution in [3.8, 4) is 5.75 Å². The summed E-state index contributed by atoms with van der Waals surface area (Å²) in [5, 5.41) is 5.00. The monoisotopic (exact) mass is 322 g/mol. The Morgan fingerprint density at radius 1 is 1.13 bits per heavy atom. The zero-order valence-electron chi connectivity index (χ0n) is 13.4. The first-order chi connectivity index (χ1) is 11.0. The van der Waals surface area contributed by atoms with Crippen LogP contribution in [0.1, 0.15) is 18.9 Å². The highest BCUT2D eigenvalue weighted by molar-refractivity contribution is 5.86. The highest BCUT2D eigenvalue weighted by Gasteiger charge is 2.10. The molecule has 0 aliphatic carbocycles. The van der Waals surface area contributed by atoms with Gasteiger partial charge >= 0.3 is 5.97 Å². The Hall–Kier alpha value is -2.57. The van der Waals surface area contributed by atoms with E-state index in [1.54, 1.807) is 31.4 Å². The third kappa shape index (κ3) is 7.85. The molecule has 0 spiro atoms. The van der Waals surface area contributed by atoms with Crippen molar-refractivity contribution in [3.05, 3.63) is 29.8 Å². The van der Waals surface area contributed by atoms with Gasteiger partial charge in [0.15, 0.2) is 6.61 Å². The van der Waals surface area contributed by atoms with Gasteiger partial charge in [0.05, 0.1) is 20.1 Å². The largest absolute Gasteiger partial charge is 0.497 e. The average molecular weight is 322 g/mol. The summed E-state index contributed by atoms with van der Waals surface area (Å²) < 4.78 is 9.93. The summed E-state index contributed by atoms with van der Waals surface area (Å²) in [4.78, 5) is 34.5. The van der Waals surface area contributed by atoms with Crippen molar-refractivity contribution in [2.75, 3.05) is 26.8 Å².